The molecule has 0 bridgehead atoms. The molecule has 0 amide bonds. The van der Waals surface area contributed by atoms with Crippen LogP contribution < -0.4 is 14.2 Å². The summed E-state index contributed by atoms with van der Waals surface area (Å²) in [6, 6.07) is 11.4. The van der Waals surface area contributed by atoms with E-state index in [2.05, 4.69) is 9.88 Å². The van der Waals surface area contributed by atoms with E-state index in [-0.39, 0.29) is 18.8 Å². The Labute approximate surface area is 159 Å². The highest BCUT2D eigenvalue weighted by Gasteiger charge is 2.34. The Kier molecular flexibility index (Phi) is 6.49. The maximum atomic E-state index is 9.87. The molecule has 0 unspecified atom stereocenters. The molecule has 1 aromatic carbocycles. The number of aliphatic hydroxyl groups is 1. The SMILES string of the molecule is COc1cccc(CN2CCO[C@@H](CO)[C@@H]2c2ccc(OC)c(OC)c2)n1. The summed E-state index contributed by atoms with van der Waals surface area (Å²) in [5.74, 6) is 1.90. The van der Waals surface area contributed by atoms with Crippen LogP contribution in [-0.2, 0) is 11.3 Å². The van der Waals surface area contributed by atoms with Crippen LogP contribution >= 0.6 is 0 Å². The van der Waals surface area contributed by atoms with E-state index in [1.165, 1.54) is 0 Å². The van der Waals surface area contributed by atoms with E-state index in [0.717, 1.165) is 17.8 Å². The Morgan fingerprint density at radius 1 is 1.11 bits per heavy atom. The fourth-order valence-corrected chi connectivity index (χ4v) is 3.45. The highest BCUT2D eigenvalue weighted by molar-refractivity contribution is 5.44. The molecule has 1 aromatic heterocycles. The molecule has 1 saturated heterocycles. The molecule has 2 atom stereocenters. The molecule has 146 valence electrons. The van der Waals surface area contributed by atoms with Crippen LogP contribution in [-0.4, -0.2) is 62.2 Å². The number of rotatable bonds is 7. The molecule has 7 heteroatoms. The van der Waals surface area contributed by atoms with Gasteiger partial charge in [-0.15, -0.1) is 0 Å². The van der Waals surface area contributed by atoms with E-state index < -0.39 is 0 Å². The second-order valence-electron chi connectivity index (χ2n) is 6.29. The zero-order chi connectivity index (χ0) is 19.2. The Morgan fingerprint density at radius 2 is 1.93 bits per heavy atom. The molecule has 7 nitrogen and oxygen atoms in total. The Bertz CT molecular complexity index is 755. The normalized spacial score (nSPS) is 20.3. The maximum absolute atomic E-state index is 9.87. The average molecular weight is 374 g/mol. The van der Waals surface area contributed by atoms with Crippen molar-refractivity contribution in [1.29, 1.82) is 0 Å². The lowest BCUT2D eigenvalue weighted by Gasteiger charge is -2.40. The van der Waals surface area contributed by atoms with Gasteiger partial charge in [-0.2, -0.15) is 0 Å². The summed E-state index contributed by atoms with van der Waals surface area (Å²) < 4.78 is 21.8. The van der Waals surface area contributed by atoms with Crippen LogP contribution in [0.2, 0.25) is 0 Å². The largest absolute Gasteiger partial charge is 0.493 e. The van der Waals surface area contributed by atoms with Gasteiger partial charge in [0.05, 0.1) is 46.3 Å². The smallest absolute Gasteiger partial charge is 0.213 e. The molecule has 0 aliphatic carbocycles. The van der Waals surface area contributed by atoms with Gasteiger partial charge in [-0.3, -0.25) is 4.90 Å². The number of methoxy groups -OCH3 is 3. The molecule has 2 heterocycles. The van der Waals surface area contributed by atoms with Crippen molar-refractivity contribution >= 4 is 0 Å². The quantitative estimate of drug-likeness (QED) is 0.795. The third-order valence-corrected chi connectivity index (χ3v) is 4.74. The number of aliphatic hydroxyl groups excluding tert-OH is 1. The van der Waals surface area contributed by atoms with Crippen LogP contribution in [0, 0.1) is 0 Å². The number of benzene rings is 1. The Balaban J connectivity index is 1.92. The highest BCUT2D eigenvalue weighted by Crippen LogP contribution is 2.36. The van der Waals surface area contributed by atoms with Gasteiger partial charge < -0.3 is 24.1 Å². The summed E-state index contributed by atoms with van der Waals surface area (Å²) in [5, 5.41) is 9.87. The predicted molar refractivity (Wildman–Crippen MR) is 100 cm³/mol. The van der Waals surface area contributed by atoms with Crippen molar-refractivity contribution in [2.24, 2.45) is 0 Å². The van der Waals surface area contributed by atoms with Gasteiger partial charge in [0.15, 0.2) is 11.5 Å². The number of pyridine rings is 1. The summed E-state index contributed by atoms with van der Waals surface area (Å²) >= 11 is 0. The molecule has 1 fully saturated rings. The van der Waals surface area contributed by atoms with E-state index in [9.17, 15) is 5.11 Å². The van der Waals surface area contributed by atoms with Gasteiger partial charge in [-0.25, -0.2) is 4.98 Å². The van der Waals surface area contributed by atoms with E-state index >= 15 is 0 Å². The van der Waals surface area contributed by atoms with Crippen molar-refractivity contribution in [1.82, 2.24) is 9.88 Å². The summed E-state index contributed by atoms with van der Waals surface area (Å²) in [5.41, 5.74) is 1.90. The van der Waals surface area contributed by atoms with Gasteiger partial charge in [0, 0.05) is 19.2 Å². The van der Waals surface area contributed by atoms with Gasteiger partial charge in [0.25, 0.3) is 0 Å². The average Bonchev–Trinajstić information content (AvgIpc) is 2.73. The molecule has 1 N–H and O–H groups in total. The summed E-state index contributed by atoms with van der Waals surface area (Å²) in [6.07, 6.45) is -0.331. The standard InChI is InChI=1S/C20H26N2O5/c1-24-16-8-7-14(11-17(16)25-2)20-18(13-23)27-10-9-22(20)12-15-5-4-6-19(21-15)26-3/h4-8,11,18,20,23H,9-10,12-13H2,1-3H3/t18-,20-/m0/s1. The van der Waals surface area contributed by atoms with Crippen LogP contribution in [0.25, 0.3) is 0 Å². The third kappa shape index (κ3) is 4.32. The van der Waals surface area contributed by atoms with Gasteiger partial charge in [-0.05, 0) is 23.8 Å². The van der Waals surface area contributed by atoms with Crippen molar-refractivity contribution in [2.75, 3.05) is 41.1 Å². The first-order valence-corrected chi connectivity index (χ1v) is 8.88. The summed E-state index contributed by atoms with van der Waals surface area (Å²) in [6.45, 7) is 1.84. The molecule has 27 heavy (non-hydrogen) atoms. The minimum atomic E-state index is -0.331. The van der Waals surface area contributed by atoms with Crippen LogP contribution in [0.5, 0.6) is 17.4 Å². The van der Waals surface area contributed by atoms with E-state index in [4.69, 9.17) is 18.9 Å². The second kappa shape index (κ2) is 9.03. The summed E-state index contributed by atoms with van der Waals surface area (Å²) in [4.78, 5) is 6.77. The highest BCUT2D eigenvalue weighted by atomic mass is 16.5. The van der Waals surface area contributed by atoms with E-state index in [1.807, 2.05) is 36.4 Å². The summed E-state index contributed by atoms with van der Waals surface area (Å²) in [7, 11) is 4.83. The zero-order valence-electron chi connectivity index (χ0n) is 15.9. The lowest BCUT2D eigenvalue weighted by atomic mass is 9.97. The fraction of sp³-hybridized carbons (Fsp3) is 0.450. The van der Waals surface area contributed by atoms with Crippen molar-refractivity contribution in [2.45, 2.75) is 18.7 Å². The number of morpholine rings is 1. The molecule has 0 radical (unpaired) electrons. The van der Waals surface area contributed by atoms with Crippen LogP contribution in [0.4, 0.5) is 0 Å². The minimum absolute atomic E-state index is 0.0684. The zero-order valence-corrected chi connectivity index (χ0v) is 15.9. The first-order valence-electron chi connectivity index (χ1n) is 8.88. The predicted octanol–water partition coefficient (Wildman–Crippen LogP) is 2.04. The number of aromatic nitrogens is 1. The van der Waals surface area contributed by atoms with Crippen molar-refractivity contribution < 1.29 is 24.1 Å². The molecule has 2 aromatic rings. The fourth-order valence-electron chi connectivity index (χ4n) is 3.45. The van der Waals surface area contributed by atoms with Gasteiger partial charge in [0.1, 0.15) is 6.10 Å². The maximum Gasteiger partial charge on any atom is 0.213 e. The Hall–Kier alpha value is -2.35. The lowest BCUT2D eigenvalue weighted by molar-refractivity contribution is -0.0964. The van der Waals surface area contributed by atoms with Crippen molar-refractivity contribution in [3.8, 4) is 17.4 Å². The Morgan fingerprint density at radius 3 is 2.63 bits per heavy atom. The van der Waals surface area contributed by atoms with Crippen molar-refractivity contribution in [3.63, 3.8) is 0 Å². The van der Waals surface area contributed by atoms with Gasteiger partial charge in [0.2, 0.25) is 5.88 Å². The van der Waals surface area contributed by atoms with Crippen molar-refractivity contribution in [3.05, 3.63) is 47.7 Å². The number of ether oxygens (including phenoxy) is 4. The van der Waals surface area contributed by atoms with Gasteiger partial charge in [-0.1, -0.05) is 12.1 Å². The molecular formula is C20H26N2O5. The topological polar surface area (TPSA) is 73.3 Å². The monoisotopic (exact) mass is 374 g/mol. The number of nitrogens with zero attached hydrogens (tertiary/aromatic N) is 2. The van der Waals surface area contributed by atoms with Gasteiger partial charge >= 0.3 is 0 Å². The lowest BCUT2D eigenvalue weighted by Crippen LogP contribution is -2.46. The van der Waals surface area contributed by atoms with E-state index in [0.29, 0.717) is 30.5 Å². The molecule has 0 saturated carbocycles. The van der Waals surface area contributed by atoms with Crippen LogP contribution in [0.3, 0.4) is 0 Å². The first-order chi connectivity index (χ1) is 13.2. The van der Waals surface area contributed by atoms with Crippen LogP contribution in [0.1, 0.15) is 17.3 Å². The molecule has 3 rings (SSSR count). The van der Waals surface area contributed by atoms with E-state index in [1.54, 1.807) is 21.3 Å². The molecular weight excluding hydrogens is 348 g/mol. The minimum Gasteiger partial charge on any atom is -0.493 e. The van der Waals surface area contributed by atoms with Crippen LogP contribution in [0.15, 0.2) is 36.4 Å². The molecule has 0 spiro atoms. The second-order valence-corrected chi connectivity index (χ2v) is 6.29. The number of hydrogen-bond donors (Lipinski definition) is 1. The first kappa shape index (κ1) is 19.4. The third-order valence-electron chi connectivity index (χ3n) is 4.74. The number of hydrogen-bond acceptors (Lipinski definition) is 7. The molecule has 1 aliphatic rings. The molecule has 1 aliphatic heterocycles.